The fourth-order valence-electron chi connectivity index (χ4n) is 3.34. The lowest BCUT2D eigenvalue weighted by atomic mass is 10.1. The zero-order valence-electron chi connectivity index (χ0n) is 18.8. The largest absolute Gasteiger partial charge is 0.470 e. The number of hydrogen-bond acceptors (Lipinski definition) is 13. The monoisotopic (exact) mass is 485 g/mol. The van der Waals surface area contributed by atoms with Crippen LogP contribution < -0.4 is 24.6 Å². The van der Waals surface area contributed by atoms with E-state index in [4.69, 9.17) is 18.9 Å². The summed E-state index contributed by atoms with van der Waals surface area (Å²) in [7, 11) is 0. The van der Waals surface area contributed by atoms with Crippen LogP contribution >= 0.6 is 23.5 Å². The number of aromatic nitrogens is 4. The summed E-state index contributed by atoms with van der Waals surface area (Å²) < 4.78 is 41.0. The van der Waals surface area contributed by atoms with Gasteiger partial charge in [-0.05, 0) is 20.8 Å². The third kappa shape index (κ3) is 6.38. The Kier molecular flexibility index (Phi) is 7.94. The van der Waals surface area contributed by atoms with Gasteiger partial charge in [-0.1, -0.05) is 0 Å². The molecule has 2 saturated heterocycles. The number of anilines is 2. The van der Waals surface area contributed by atoms with Crippen molar-refractivity contribution in [3.8, 4) is 11.8 Å². The van der Waals surface area contributed by atoms with Crippen molar-refractivity contribution in [2.24, 2.45) is 0 Å². The van der Waals surface area contributed by atoms with E-state index in [1.165, 1.54) is 0 Å². The molecule has 0 unspecified atom stereocenters. The van der Waals surface area contributed by atoms with Crippen LogP contribution in [-0.4, -0.2) is 94.9 Å². The number of nitrogens with zero attached hydrogens (tertiary/aromatic N) is 6. The maximum atomic E-state index is 6.31. The Morgan fingerprint density at radius 3 is 1.97 bits per heavy atom. The van der Waals surface area contributed by atoms with Crippen LogP contribution in [0.4, 0.5) is 11.6 Å². The second-order valence-corrected chi connectivity index (χ2v) is 9.72. The molecule has 13 heteroatoms. The maximum absolute atomic E-state index is 6.31. The van der Waals surface area contributed by atoms with Crippen LogP contribution in [0.15, 0.2) is 0 Å². The lowest BCUT2D eigenvalue weighted by Crippen LogP contribution is -2.45. The number of nitrogens with one attached hydrogen (secondary N) is 1. The van der Waals surface area contributed by atoms with E-state index in [1.54, 1.807) is 0 Å². The fraction of sp³-hybridized carbons (Fsp3) is 0.789. The van der Waals surface area contributed by atoms with E-state index < -0.39 is 0 Å². The molecule has 0 bridgehead atoms. The summed E-state index contributed by atoms with van der Waals surface area (Å²) in [5.74, 6) is 2.60. The Balaban J connectivity index is 1.43. The molecule has 0 radical (unpaired) electrons. The number of hydrogen-bond donors (Lipinski definition) is 1. The van der Waals surface area contributed by atoms with Gasteiger partial charge < -0.3 is 34.1 Å². The van der Waals surface area contributed by atoms with Crippen molar-refractivity contribution in [3.05, 3.63) is 0 Å². The molecule has 2 aliphatic rings. The quantitative estimate of drug-likeness (QED) is 0.555. The van der Waals surface area contributed by atoms with Crippen molar-refractivity contribution in [1.29, 1.82) is 0 Å². The molecule has 1 N–H and O–H groups in total. The van der Waals surface area contributed by atoms with Crippen molar-refractivity contribution >= 4 is 35.1 Å². The molecule has 4 heterocycles. The Bertz CT molecular complexity index is 832. The van der Waals surface area contributed by atoms with Crippen molar-refractivity contribution in [3.63, 3.8) is 0 Å². The highest BCUT2D eigenvalue weighted by molar-refractivity contribution is 6.99. The summed E-state index contributed by atoms with van der Waals surface area (Å²) in [4.78, 5) is 4.30. The van der Waals surface area contributed by atoms with E-state index in [2.05, 4.69) is 53.4 Å². The minimum Gasteiger partial charge on any atom is -0.470 e. The first-order chi connectivity index (χ1) is 15.5. The molecule has 2 aromatic heterocycles. The van der Waals surface area contributed by atoms with Crippen molar-refractivity contribution in [1.82, 2.24) is 22.8 Å². The first kappa shape index (κ1) is 23.4. The van der Waals surface area contributed by atoms with Gasteiger partial charge in [0.1, 0.15) is 12.7 Å². The Labute approximate surface area is 196 Å². The number of ether oxygens (including phenoxy) is 4. The van der Waals surface area contributed by atoms with E-state index >= 15 is 0 Å². The Morgan fingerprint density at radius 1 is 0.875 bits per heavy atom. The summed E-state index contributed by atoms with van der Waals surface area (Å²) in [6, 6.07) is 0. The predicted octanol–water partition coefficient (Wildman–Crippen LogP) is 1.28. The molecule has 2 aromatic rings. The first-order valence-electron chi connectivity index (χ1n) is 10.8. The van der Waals surface area contributed by atoms with Crippen molar-refractivity contribution in [2.45, 2.75) is 32.4 Å². The number of morpholine rings is 2. The standard InChI is InChI=1S/C19H31N7O4S2/c1-19(2,3)20-12-14(30-18-16(22-32-24-18)26-6-10-28-11-7-26)13-29-17-15(21-31-23-17)25-4-8-27-9-5-25/h14,20H,4-13H2,1-3H3/t14-/m1/s1. The zero-order valence-corrected chi connectivity index (χ0v) is 20.4. The van der Waals surface area contributed by atoms with Crippen LogP contribution in [0.2, 0.25) is 0 Å². The van der Waals surface area contributed by atoms with Crippen molar-refractivity contribution < 1.29 is 18.9 Å². The van der Waals surface area contributed by atoms with Gasteiger partial charge in [-0.25, -0.2) is 0 Å². The molecule has 0 amide bonds. The summed E-state index contributed by atoms with van der Waals surface area (Å²) >= 11 is 2.31. The normalized spacial score (nSPS) is 18.6. The molecule has 178 valence electrons. The van der Waals surface area contributed by atoms with Gasteiger partial charge in [0.2, 0.25) is 11.6 Å². The molecule has 0 aromatic carbocycles. The van der Waals surface area contributed by atoms with E-state index in [9.17, 15) is 0 Å². The SMILES string of the molecule is CC(C)(C)NC[C@H](COc1nsnc1N1CCOCC1)Oc1nsnc1N1CCOCC1. The van der Waals surface area contributed by atoms with Crippen LogP contribution in [0.1, 0.15) is 20.8 Å². The molecule has 0 saturated carbocycles. The zero-order chi connectivity index (χ0) is 22.4. The lowest BCUT2D eigenvalue weighted by molar-refractivity contribution is 0.110. The minimum atomic E-state index is -0.280. The fourth-order valence-corrected chi connectivity index (χ4v) is 4.37. The lowest BCUT2D eigenvalue weighted by Gasteiger charge is -2.29. The molecule has 0 spiro atoms. The first-order valence-corrected chi connectivity index (χ1v) is 12.3. The highest BCUT2D eigenvalue weighted by atomic mass is 32.1. The van der Waals surface area contributed by atoms with Gasteiger partial charge in [0.05, 0.1) is 49.9 Å². The minimum absolute atomic E-state index is 0.0594. The van der Waals surface area contributed by atoms with Crippen LogP contribution in [0.25, 0.3) is 0 Å². The van der Waals surface area contributed by atoms with Crippen LogP contribution in [-0.2, 0) is 9.47 Å². The van der Waals surface area contributed by atoms with E-state index in [0.29, 0.717) is 51.3 Å². The van der Waals surface area contributed by atoms with E-state index in [-0.39, 0.29) is 11.6 Å². The van der Waals surface area contributed by atoms with Gasteiger partial charge in [0.25, 0.3) is 11.8 Å². The van der Waals surface area contributed by atoms with E-state index in [1.807, 2.05) is 0 Å². The molecule has 2 aliphatic heterocycles. The molecule has 4 rings (SSSR count). The Hall–Kier alpha value is -1.80. The second kappa shape index (κ2) is 10.9. The second-order valence-electron chi connectivity index (χ2n) is 8.67. The molecule has 1 atom stereocenters. The van der Waals surface area contributed by atoms with Gasteiger partial charge in [0, 0.05) is 38.3 Å². The highest BCUT2D eigenvalue weighted by Crippen LogP contribution is 2.29. The van der Waals surface area contributed by atoms with E-state index in [0.717, 1.165) is 61.3 Å². The third-order valence-corrected chi connectivity index (χ3v) is 6.05. The average Bonchev–Trinajstić information content (AvgIpc) is 3.46. The molecule has 11 nitrogen and oxygen atoms in total. The number of rotatable bonds is 9. The molecule has 0 aliphatic carbocycles. The summed E-state index contributed by atoms with van der Waals surface area (Å²) in [5, 5.41) is 3.50. The summed E-state index contributed by atoms with van der Waals surface area (Å²) in [5.41, 5.74) is -0.0594. The topological polar surface area (TPSA) is 107 Å². The maximum Gasteiger partial charge on any atom is 0.271 e. The highest BCUT2D eigenvalue weighted by Gasteiger charge is 2.26. The van der Waals surface area contributed by atoms with Gasteiger partial charge >= 0.3 is 0 Å². The molecule has 2 fully saturated rings. The van der Waals surface area contributed by atoms with Gasteiger partial charge in [0.15, 0.2) is 0 Å². The van der Waals surface area contributed by atoms with Gasteiger partial charge in [-0.3, -0.25) is 0 Å². The van der Waals surface area contributed by atoms with Crippen molar-refractivity contribution in [2.75, 3.05) is 75.6 Å². The Morgan fingerprint density at radius 2 is 1.41 bits per heavy atom. The average molecular weight is 486 g/mol. The summed E-state index contributed by atoms with van der Waals surface area (Å²) in [6.45, 7) is 13.1. The summed E-state index contributed by atoms with van der Waals surface area (Å²) in [6.07, 6.45) is -0.280. The van der Waals surface area contributed by atoms with Gasteiger partial charge in [-0.15, -0.1) is 8.75 Å². The molecule has 32 heavy (non-hydrogen) atoms. The van der Waals surface area contributed by atoms with Crippen LogP contribution in [0, 0.1) is 0 Å². The smallest absolute Gasteiger partial charge is 0.271 e. The third-order valence-electron chi connectivity index (χ3n) is 5.05. The van der Waals surface area contributed by atoms with Gasteiger partial charge in [-0.2, -0.15) is 8.75 Å². The molecular weight excluding hydrogens is 454 g/mol. The molecular formula is C19H31N7O4S2. The van der Waals surface area contributed by atoms with Crippen LogP contribution in [0.5, 0.6) is 11.8 Å². The van der Waals surface area contributed by atoms with Crippen LogP contribution in [0.3, 0.4) is 0 Å². The predicted molar refractivity (Wildman–Crippen MR) is 124 cm³/mol.